The maximum atomic E-state index is 13.8. The summed E-state index contributed by atoms with van der Waals surface area (Å²) in [6.45, 7) is 5.61. The molecule has 0 radical (unpaired) electrons. The predicted octanol–water partition coefficient (Wildman–Crippen LogP) is 4.65. The molecule has 130 valence electrons. The quantitative estimate of drug-likeness (QED) is 0.703. The Labute approximate surface area is 142 Å². The first-order chi connectivity index (χ1) is 11.4. The summed E-state index contributed by atoms with van der Waals surface area (Å²) in [6, 6.07) is 3.92. The SMILES string of the molecule is Cc1cc(C)c2c(c1)/C=C/CCCC(O)/C(F)=C\C[C@H](C)OC2=O. The van der Waals surface area contributed by atoms with Crippen LogP contribution in [0.25, 0.3) is 6.08 Å². The van der Waals surface area contributed by atoms with Gasteiger partial charge in [-0.05, 0) is 57.2 Å². The molecular formula is C20H25FO3. The number of carbonyl (C=O) groups is 1. The fraction of sp³-hybridized carbons (Fsp3) is 0.450. The minimum atomic E-state index is -1.08. The first-order valence-electron chi connectivity index (χ1n) is 8.41. The number of benzene rings is 1. The molecule has 24 heavy (non-hydrogen) atoms. The summed E-state index contributed by atoms with van der Waals surface area (Å²) < 4.78 is 19.3. The monoisotopic (exact) mass is 332 g/mol. The normalized spacial score (nSPS) is 26.5. The summed E-state index contributed by atoms with van der Waals surface area (Å²) in [5.74, 6) is -0.947. The van der Waals surface area contributed by atoms with Crippen molar-refractivity contribution in [3.8, 4) is 0 Å². The zero-order valence-corrected chi connectivity index (χ0v) is 14.5. The summed E-state index contributed by atoms with van der Waals surface area (Å²) in [6.07, 6.45) is 5.64. The fourth-order valence-corrected chi connectivity index (χ4v) is 2.89. The molecule has 1 aromatic rings. The number of aliphatic hydroxyl groups excluding tert-OH is 1. The number of hydrogen-bond acceptors (Lipinski definition) is 3. The minimum absolute atomic E-state index is 0.241. The van der Waals surface area contributed by atoms with E-state index in [-0.39, 0.29) is 6.42 Å². The lowest BCUT2D eigenvalue weighted by Gasteiger charge is -2.16. The zero-order chi connectivity index (χ0) is 17.7. The van der Waals surface area contributed by atoms with Gasteiger partial charge in [0.2, 0.25) is 0 Å². The molecule has 2 rings (SSSR count). The molecule has 0 bridgehead atoms. The summed E-state index contributed by atoms with van der Waals surface area (Å²) in [5.41, 5.74) is 3.35. The van der Waals surface area contributed by atoms with Crippen molar-refractivity contribution in [1.82, 2.24) is 0 Å². The highest BCUT2D eigenvalue weighted by atomic mass is 19.1. The van der Waals surface area contributed by atoms with E-state index in [1.165, 1.54) is 6.08 Å². The fourth-order valence-electron chi connectivity index (χ4n) is 2.89. The van der Waals surface area contributed by atoms with Crippen molar-refractivity contribution >= 4 is 12.0 Å². The van der Waals surface area contributed by atoms with E-state index in [9.17, 15) is 14.3 Å². The third kappa shape index (κ3) is 4.78. The third-order valence-corrected chi connectivity index (χ3v) is 4.13. The van der Waals surface area contributed by atoms with Gasteiger partial charge in [0.15, 0.2) is 0 Å². The molecule has 0 saturated carbocycles. The number of aliphatic hydroxyl groups is 1. The smallest absolute Gasteiger partial charge is 0.339 e. The highest BCUT2D eigenvalue weighted by Gasteiger charge is 2.19. The summed E-state index contributed by atoms with van der Waals surface area (Å²) in [7, 11) is 0. The van der Waals surface area contributed by atoms with Crippen LogP contribution in [-0.2, 0) is 4.74 Å². The largest absolute Gasteiger partial charge is 0.459 e. The first-order valence-corrected chi connectivity index (χ1v) is 8.41. The highest BCUT2D eigenvalue weighted by molar-refractivity contribution is 5.95. The third-order valence-electron chi connectivity index (χ3n) is 4.13. The lowest BCUT2D eigenvalue weighted by molar-refractivity contribution is 0.0345. The molecule has 0 aliphatic carbocycles. The van der Waals surface area contributed by atoms with Gasteiger partial charge in [0.05, 0.1) is 5.56 Å². The molecule has 0 fully saturated rings. The van der Waals surface area contributed by atoms with E-state index in [0.717, 1.165) is 16.7 Å². The van der Waals surface area contributed by atoms with Crippen LogP contribution in [0, 0.1) is 13.8 Å². The maximum Gasteiger partial charge on any atom is 0.339 e. The van der Waals surface area contributed by atoms with Gasteiger partial charge >= 0.3 is 5.97 Å². The lowest BCUT2D eigenvalue weighted by atomic mass is 9.98. The number of carbonyl (C=O) groups excluding carboxylic acids is 1. The van der Waals surface area contributed by atoms with Crippen LogP contribution in [0.3, 0.4) is 0 Å². The molecule has 0 amide bonds. The van der Waals surface area contributed by atoms with Gasteiger partial charge in [-0.1, -0.05) is 29.8 Å². The average Bonchev–Trinajstić information content (AvgIpc) is 2.50. The van der Waals surface area contributed by atoms with Gasteiger partial charge in [0.1, 0.15) is 18.0 Å². The van der Waals surface area contributed by atoms with E-state index >= 15 is 0 Å². The van der Waals surface area contributed by atoms with Gasteiger partial charge in [-0.15, -0.1) is 0 Å². The molecule has 1 N–H and O–H groups in total. The van der Waals surface area contributed by atoms with Gasteiger partial charge in [-0.25, -0.2) is 9.18 Å². The number of esters is 1. The molecule has 2 atom stereocenters. The van der Waals surface area contributed by atoms with Gasteiger partial charge in [-0.2, -0.15) is 0 Å². The molecule has 0 saturated heterocycles. The average molecular weight is 332 g/mol. The van der Waals surface area contributed by atoms with E-state index in [1.54, 1.807) is 6.92 Å². The number of cyclic esters (lactones) is 1. The Hall–Kier alpha value is -1.94. The van der Waals surface area contributed by atoms with Crippen LogP contribution in [0.2, 0.25) is 0 Å². The Morgan fingerprint density at radius 3 is 2.79 bits per heavy atom. The predicted molar refractivity (Wildman–Crippen MR) is 93.5 cm³/mol. The highest BCUT2D eigenvalue weighted by Crippen LogP contribution is 2.22. The number of aryl methyl sites for hydroxylation is 2. The van der Waals surface area contributed by atoms with Crippen molar-refractivity contribution in [3.05, 3.63) is 52.4 Å². The Balaban J connectivity index is 2.36. The molecular weight excluding hydrogens is 307 g/mol. The Bertz CT molecular complexity index is 661. The second-order valence-corrected chi connectivity index (χ2v) is 6.44. The van der Waals surface area contributed by atoms with Crippen LogP contribution in [0.1, 0.15) is 59.7 Å². The van der Waals surface area contributed by atoms with Crippen molar-refractivity contribution in [1.29, 1.82) is 0 Å². The standard InChI is InChI=1S/C20H25FO3/c1-13-11-14(2)19-16(12-13)7-5-4-6-8-18(22)17(21)10-9-15(3)24-20(19)23/h5,7,10-12,15,18,22H,4,6,8-9H2,1-3H3/b7-5+,17-10+/t15-,18?/m0/s1. The molecule has 1 unspecified atom stereocenters. The number of ether oxygens (including phenoxy) is 1. The number of fused-ring (bicyclic) bond motifs is 1. The van der Waals surface area contributed by atoms with Crippen LogP contribution in [0.15, 0.2) is 30.1 Å². The Morgan fingerprint density at radius 1 is 1.29 bits per heavy atom. The van der Waals surface area contributed by atoms with Crippen molar-refractivity contribution < 1.29 is 19.0 Å². The van der Waals surface area contributed by atoms with Crippen molar-refractivity contribution in [2.75, 3.05) is 0 Å². The molecule has 0 spiro atoms. The van der Waals surface area contributed by atoms with E-state index in [0.29, 0.717) is 24.8 Å². The first kappa shape index (κ1) is 18.4. The molecule has 1 aliphatic rings. The van der Waals surface area contributed by atoms with Gasteiger partial charge < -0.3 is 9.84 Å². The van der Waals surface area contributed by atoms with E-state index in [1.807, 2.05) is 38.1 Å². The summed E-state index contributed by atoms with van der Waals surface area (Å²) >= 11 is 0. The van der Waals surface area contributed by atoms with Crippen LogP contribution < -0.4 is 0 Å². The Morgan fingerprint density at radius 2 is 2.04 bits per heavy atom. The second kappa shape index (κ2) is 8.25. The molecule has 1 heterocycles. The molecule has 0 aromatic heterocycles. The number of rotatable bonds is 0. The van der Waals surface area contributed by atoms with Gasteiger partial charge in [0.25, 0.3) is 0 Å². The lowest BCUT2D eigenvalue weighted by Crippen LogP contribution is -2.17. The van der Waals surface area contributed by atoms with Crippen molar-refractivity contribution in [2.45, 2.75) is 58.7 Å². The second-order valence-electron chi connectivity index (χ2n) is 6.44. The minimum Gasteiger partial charge on any atom is -0.459 e. The van der Waals surface area contributed by atoms with E-state index in [4.69, 9.17) is 4.74 Å². The zero-order valence-electron chi connectivity index (χ0n) is 14.5. The van der Waals surface area contributed by atoms with E-state index < -0.39 is 24.0 Å². The van der Waals surface area contributed by atoms with Crippen LogP contribution in [-0.4, -0.2) is 23.3 Å². The summed E-state index contributed by atoms with van der Waals surface area (Å²) in [4.78, 5) is 12.5. The van der Waals surface area contributed by atoms with E-state index in [2.05, 4.69) is 0 Å². The van der Waals surface area contributed by atoms with Crippen LogP contribution in [0.4, 0.5) is 4.39 Å². The van der Waals surface area contributed by atoms with Crippen LogP contribution in [0.5, 0.6) is 0 Å². The Kier molecular flexibility index (Phi) is 6.32. The van der Waals surface area contributed by atoms with Gasteiger partial charge in [0, 0.05) is 6.42 Å². The number of halogens is 1. The summed E-state index contributed by atoms with van der Waals surface area (Å²) in [5, 5.41) is 9.78. The van der Waals surface area contributed by atoms with Crippen LogP contribution >= 0.6 is 0 Å². The maximum absolute atomic E-state index is 13.8. The molecule has 3 nitrogen and oxygen atoms in total. The molecule has 1 aromatic carbocycles. The van der Waals surface area contributed by atoms with Gasteiger partial charge in [-0.3, -0.25) is 0 Å². The van der Waals surface area contributed by atoms with Crippen molar-refractivity contribution in [3.63, 3.8) is 0 Å². The molecule has 4 heteroatoms. The topological polar surface area (TPSA) is 46.5 Å². The number of hydrogen-bond donors (Lipinski definition) is 1. The molecule has 1 aliphatic heterocycles. The number of allylic oxidation sites excluding steroid dienone is 1. The van der Waals surface area contributed by atoms with Crippen molar-refractivity contribution in [2.24, 2.45) is 0 Å².